The lowest BCUT2D eigenvalue weighted by atomic mass is 9.76. The summed E-state index contributed by atoms with van der Waals surface area (Å²) in [6, 6.07) is 10.4. The molecule has 0 saturated carbocycles. The van der Waals surface area contributed by atoms with Crippen molar-refractivity contribution in [1.29, 1.82) is 0 Å². The maximum absolute atomic E-state index is 13.1. The molecule has 4 rings (SSSR count). The molecular weight excluding hydrogens is 334 g/mol. The normalized spacial score (nSPS) is 20.7. The Balaban J connectivity index is 1.96. The molecule has 0 spiro atoms. The van der Waals surface area contributed by atoms with Crippen LogP contribution in [0.4, 0.5) is 0 Å². The number of hydrogen-bond acceptors (Lipinski definition) is 4. The van der Waals surface area contributed by atoms with Crippen molar-refractivity contribution in [3.8, 4) is 11.5 Å². The second kappa shape index (κ2) is 6.05. The van der Waals surface area contributed by atoms with E-state index in [1.807, 2.05) is 24.3 Å². The van der Waals surface area contributed by atoms with Gasteiger partial charge in [0.1, 0.15) is 5.92 Å². The van der Waals surface area contributed by atoms with Gasteiger partial charge in [-0.2, -0.15) is 0 Å². The van der Waals surface area contributed by atoms with E-state index in [0.29, 0.717) is 35.6 Å². The fourth-order valence-corrected chi connectivity index (χ4v) is 4.12. The molecule has 0 radical (unpaired) electrons. The van der Waals surface area contributed by atoms with Crippen LogP contribution in [0.3, 0.4) is 0 Å². The van der Waals surface area contributed by atoms with Crippen LogP contribution in [0.15, 0.2) is 36.4 Å². The summed E-state index contributed by atoms with van der Waals surface area (Å²) in [5, 5.41) is 10.0. The molecule has 2 aromatic carbocycles. The third-order valence-corrected chi connectivity index (χ3v) is 5.30. The van der Waals surface area contributed by atoms with Gasteiger partial charge in [0.15, 0.2) is 11.5 Å². The van der Waals surface area contributed by atoms with E-state index in [0.717, 1.165) is 11.1 Å². The molecule has 0 unspecified atom stereocenters. The van der Waals surface area contributed by atoms with E-state index in [1.165, 1.54) is 14.2 Å². The number of methoxy groups -OCH3 is 2. The van der Waals surface area contributed by atoms with Crippen molar-refractivity contribution in [3.05, 3.63) is 58.7 Å². The standard InChI is InChI=1S/C20H19NO5/c1-25-15-9-13-14(10-16(15)26-2)19(22)21-8-7-11-5-3-4-6-12(11)18(21)17(13)20(23)24/h3-6,9-10,17-18H,7-8H2,1-2H3,(H,23,24)/t17-,18+/m0/s1. The summed E-state index contributed by atoms with van der Waals surface area (Å²) in [4.78, 5) is 27.0. The second-order valence-electron chi connectivity index (χ2n) is 6.50. The highest BCUT2D eigenvalue weighted by Gasteiger charge is 2.47. The van der Waals surface area contributed by atoms with Gasteiger partial charge in [-0.05, 0) is 35.2 Å². The van der Waals surface area contributed by atoms with Gasteiger partial charge in [0.05, 0.1) is 20.3 Å². The van der Waals surface area contributed by atoms with E-state index in [2.05, 4.69) is 0 Å². The van der Waals surface area contributed by atoms with Crippen LogP contribution in [0.1, 0.15) is 39.0 Å². The van der Waals surface area contributed by atoms with Crippen molar-refractivity contribution in [1.82, 2.24) is 4.90 Å². The Kier molecular flexibility index (Phi) is 3.83. The number of fused-ring (bicyclic) bond motifs is 4. The first-order chi connectivity index (χ1) is 12.6. The van der Waals surface area contributed by atoms with Gasteiger partial charge in [-0.25, -0.2) is 0 Å². The molecule has 0 bridgehead atoms. The molecule has 0 aliphatic carbocycles. The van der Waals surface area contributed by atoms with Gasteiger partial charge in [-0.1, -0.05) is 24.3 Å². The number of nitrogens with zero attached hydrogens (tertiary/aromatic N) is 1. The lowest BCUT2D eigenvalue weighted by Gasteiger charge is -2.44. The van der Waals surface area contributed by atoms with Crippen molar-refractivity contribution in [2.24, 2.45) is 0 Å². The smallest absolute Gasteiger partial charge is 0.313 e. The van der Waals surface area contributed by atoms with E-state index in [-0.39, 0.29) is 5.91 Å². The van der Waals surface area contributed by atoms with Crippen molar-refractivity contribution >= 4 is 11.9 Å². The molecule has 0 fully saturated rings. The molecular formula is C20H19NO5. The molecule has 1 N–H and O–H groups in total. The maximum atomic E-state index is 13.1. The Morgan fingerprint density at radius 1 is 1.12 bits per heavy atom. The summed E-state index contributed by atoms with van der Waals surface area (Å²) in [6.07, 6.45) is 0.716. The van der Waals surface area contributed by atoms with Gasteiger partial charge in [0.2, 0.25) is 0 Å². The number of amides is 1. The number of ether oxygens (including phenoxy) is 2. The van der Waals surface area contributed by atoms with E-state index in [1.54, 1.807) is 17.0 Å². The Morgan fingerprint density at radius 2 is 1.81 bits per heavy atom. The lowest BCUT2D eigenvalue weighted by molar-refractivity contribution is -0.140. The highest BCUT2D eigenvalue weighted by Crippen LogP contribution is 2.48. The Bertz CT molecular complexity index is 907. The Labute approximate surface area is 151 Å². The fourth-order valence-electron chi connectivity index (χ4n) is 4.12. The third-order valence-electron chi connectivity index (χ3n) is 5.30. The van der Waals surface area contributed by atoms with Gasteiger partial charge in [-0.15, -0.1) is 0 Å². The zero-order valence-electron chi connectivity index (χ0n) is 14.6. The van der Waals surface area contributed by atoms with Crippen LogP contribution in [0, 0.1) is 0 Å². The molecule has 0 saturated heterocycles. The van der Waals surface area contributed by atoms with Crippen LogP contribution in [-0.2, 0) is 11.2 Å². The highest BCUT2D eigenvalue weighted by atomic mass is 16.5. The predicted octanol–water partition coefficient (Wildman–Crippen LogP) is 2.63. The molecule has 134 valence electrons. The number of rotatable bonds is 3. The van der Waals surface area contributed by atoms with Crippen molar-refractivity contribution < 1.29 is 24.2 Å². The van der Waals surface area contributed by atoms with Crippen LogP contribution in [-0.4, -0.2) is 42.6 Å². The predicted molar refractivity (Wildman–Crippen MR) is 93.8 cm³/mol. The zero-order valence-corrected chi connectivity index (χ0v) is 14.6. The average Bonchev–Trinajstić information content (AvgIpc) is 2.66. The molecule has 2 atom stereocenters. The summed E-state index contributed by atoms with van der Waals surface area (Å²) >= 11 is 0. The first kappa shape index (κ1) is 16.4. The van der Waals surface area contributed by atoms with E-state index in [9.17, 15) is 14.7 Å². The Hall–Kier alpha value is -3.02. The summed E-state index contributed by atoms with van der Waals surface area (Å²) in [5.74, 6) is -1.15. The average molecular weight is 353 g/mol. The maximum Gasteiger partial charge on any atom is 0.313 e. The quantitative estimate of drug-likeness (QED) is 0.918. The van der Waals surface area contributed by atoms with Crippen LogP contribution in [0.5, 0.6) is 11.5 Å². The van der Waals surface area contributed by atoms with E-state index < -0.39 is 17.9 Å². The molecule has 26 heavy (non-hydrogen) atoms. The number of aliphatic carboxylic acids is 1. The number of benzene rings is 2. The number of carbonyl (C=O) groups excluding carboxylic acids is 1. The van der Waals surface area contributed by atoms with Crippen molar-refractivity contribution in [2.45, 2.75) is 18.4 Å². The molecule has 6 nitrogen and oxygen atoms in total. The minimum atomic E-state index is -0.960. The number of carboxylic acids is 1. The van der Waals surface area contributed by atoms with Crippen LogP contribution < -0.4 is 9.47 Å². The first-order valence-corrected chi connectivity index (χ1v) is 8.44. The molecule has 1 amide bonds. The topological polar surface area (TPSA) is 76.1 Å². The first-order valence-electron chi connectivity index (χ1n) is 8.44. The summed E-state index contributed by atoms with van der Waals surface area (Å²) in [5.41, 5.74) is 2.83. The summed E-state index contributed by atoms with van der Waals surface area (Å²) in [6.45, 7) is 0.498. The van der Waals surface area contributed by atoms with Crippen LogP contribution in [0.2, 0.25) is 0 Å². The van der Waals surface area contributed by atoms with Crippen LogP contribution >= 0.6 is 0 Å². The van der Waals surface area contributed by atoms with Gasteiger partial charge in [0, 0.05) is 12.1 Å². The van der Waals surface area contributed by atoms with Gasteiger partial charge in [-0.3, -0.25) is 9.59 Å². The largest absolute Gasteiger partial charge is 0.493 e. The van der Waals surface area contributed by atoms with E-state index >= 15 is 0 Å². The molecule has 2 aliphatic rings. The van der Waals surface area contributed by atoms with Crippen molar-refractivity contribution in [3.63, 3.8) is 0 Å². The second-order valence-corrected chi connectivity index (χ2v) is 6.50. The number of carbonyl (C=O) groups is 2. The third kappa shape index (κ3) is 2.25. The summed E-state index contributed by atoms with van der Waals surface area (Å²) in [7, 11) is 2.99. The number of carboxylic acid groups (broad SMARTS) is 1. The van der Waals surface area contributed by atoms with E-state index in [4.69, 9.17) is 9.47 Å². The lowest BCUT2D eigenvalue weighted by Crippen LogP contribution is -2.48. The zero-order chi connectivity index (χ0) is 18.4. The molecule has 2 heterocycles. The highest BCUT2D eigenvalue weighted by molar-refractivity contribution is 6.01. The van der Waals surface area contributed by atoms with Crippen molar-refractivity contribution in [2.75, 3.05) is 20.8 Å². The summed E-state index contributed by atoms with van der Waals surface area (Å²) < 4.78 is 10.6. The van der Waals surface area contributed by atoms with Gasteiger partial charge >= 0.3 is 5.97 Å². The fraction of sp³-hybridized carbons (Fsp3) is 0.300. The molecule has 0 aromatic heterocycles. The minimum Gasteiger partial charge on any atom is -0.493 e. The monoisotopic (exact) mass is 353 g/mol. The van der Waals surface area contributed by atoms with Gasteiger partial charge in [0.25, 0.3) is 5.91 Å². The number of hydrogen-bond donors (Lipinski definition) is 1. The molecule has 2 aliphatic heterocycles. The SMILES string of the molecule is COc1cc2c(cc1OC)[C@H](C(=O)O)[C@H]1c3ccccc3CCN1C2=O. The van der Waals surface area contributed by atoms with Crippen LogP contribution in [0.25, 0.3) is 0 Å². The van der Waals surface area contributed by atoms with Gasteiger partial charge < -0.3 is 19.5 Å². The molecule has 2 aromatic rings. The minimum absolute atomic E-state index is 0.169. The Morgan fingerprint density at radius 3 is 2.50 bits per heavy atom. The molecule has 6 heteroatoms.